The average molecular weight is 427 g/mol. The highest BCUT2D eigenvalue weighted by atomic mass is 32.2. The molecule has 30 heavy (non-hydrogen) atoms. The minimum absolute atomic E-state index is 0.0466. The van der Waals surface area contributed by atoms with Crippen molar-refractivity contribution in [3.8, 4) is 0 Å². The number of hydrogen-bond donors (Lipinski definition) is 2. The second-order valence-electron chi connectivity index (χ2n) is 7.34. The second kappa shape index (κ2) is 9.53. The summed E-state index contributed by atoms with van der Waals surface area (Å²) < 4.78 is 29.7. The Morgan fingerprint density at radius 3 is 1.87 bits per heavy atom. The molecule has 0 saturated carbocycles. The Balaban J connectivity index is 1.68. The van der Waals surface area contributed by atoms with Crippen LogP contribution in [0.2, 0.25) is 0 Å². The van der Waals surface area contributed by atoms with Crippen molar-refractivity contribution >= 4 is 10.1 Å². The Kier molecular flexibility index (Phi) is 7.05. The Morgan fingerprint density at radius 1 is 0.867 bits per heavy atom. The van der Waals surface area contributed by atoms with Crippen molar-refractivity contribution in [2.24, 2.45) is 0 Å². The monoisotopic (exact) mass is 426 g/mol. The van der Waals surface area contributed by atoms with E-state index in [1.54, 1.807) is 12.1 Å². The minimum Gasteiger partial charge on any atom is -0.391 e. The van der Waals surface area contributed by atoms with E-state index in [4.69, 9.17) is 4.18 Å². The van der Waals surface area contributed by atoms with Gasteiger partial charge in [0, 0.05) is 0 Å². The van der Waals surface area contributed by atoms with Crippen molar-refractivity contribution in [1.82, 2.24) is 0 Å². The molecule has 0 bridgehead atoms. The van der Waals surface area contributed by atoms with Crippen LogP contribution in [0, 0.1) is 6.92 Å². The highest BCUT2D eigenvalue weighted by Gasteiger charge is 2.32. The van der Waals surface area contributed by atoms with Crippen molar-refractivity contribution in [2.45, 2.75) is 36.4 Å². The van der Waals surface area contributed by atoms with E-state index in [2.05, 4.69) is 0 Å². The molecule has 0 heterocycles. The van der Waals surface area contributed by atoms with Gasteiger partial charge in [0.05, 0.1) is 17.6 Å². The van der Waals surface area contributed by atoms with Crippen LogP contribution in [0.5, 0.6) is 0 Å². The lowest BCUT2D eigenvalue weighted by molar-refractivity contribution is 0.0368. The highest BCUT2D eigenvalue weighted by molar-refractivity contribution is 7.86. The zero-order valence-electron chi connectivity index (χ0n) is 16.8. The fraction of sp³-hybridized carbons (Fsp3) is 0.250. The number of rotatable bonds is 9. The van der Waals surface area contributed by atoms with Gasteiger partial charge in [-0.3, -0.25) is 4.18 Å². The van der Waals surface area contributed by atoms with E-state index in [-0.39, 0.29) is 24.3 Å². The number of aliphatic hydroxyl groups is 2. The van der Waals surface area contributed by atoms with Crippen molar-refractivity contribution in [1.29, 1.82) is 0 Å². The van der Waals surface area contributed by atoms with Gasteiger partial charge in [-0.05, 0) is 43.0 Å². The summed E-state index contributed by atoms with van der Waals surface area (Å²) in [5, 5.41) is 21.8. The molecule has 2 N–H and O–H groups in total. The first-order valence-electron chi connectivity index (χ1n) is 9.79. The van der Waals surface area contributed by atoms with E-state index >= 15 is 0 Å². The lowest BCUT2D eigenvalue weighted by Gasteiger charge is -2.30. The predicted octanol–water partition coefficient (Wildman–Crippen LogP) is 3.78. The highest BCUT2D eigenvalue weighted by Crippen LogP contribution is 2.34. The molecular weight excluding hydrogens is 400 g/mol. The lowest BCUT2D eigenvalue weighted by Crippen LogP contribution is -2.30. The van der Waals surface area contributed by atoms with E-state index in [0.717, 1.165) is 5.56 Å². The summed E-state index contributed by atoms with van der Waals surface area (Å²) in [6.45, 7) is 1.48. The van der Waals surface area contributed by atoms with Gasteiger partial charge in [0.15, 0.2) is 0 Å². The SMILES string of the molecule is Cc1ccc(S(=O)(=O)OC[C@@H](O)CCC(O)(c2ccccc2)c2ccccc2)cc1. The molecule has 6 heteroatoms. The summed E-state index contributed by atoms with van der Waals surface area (Å²) in [4.78, 5) is 0.0466. The van der Waals surface area contributed by atoms with Crippen LogP contribution in [0.1, 0.15) is 29.5 Å². The molecule has 3 aromatic rings. The summed E-state index contributed by atoms with van der Waals surface area (Å²) in [6.07, 6.45) is -0.691. The van der Waals surface area contributed by atoms with Crippen LogP contribution in [0.4, 0.5) is 0 Å². The van der Waals surface area contributed by atoms with E-state index in [0.29, 0.717) is 11.1 Å². The molecule has 0 saturated heterocycles. The fourth-order valence-corrected chi connectivity index (χ4v) is 4.22. The Bertz CT molecular complexity index is 992. The summed E-state index contributed by atoms with van der Waals surface area (Å²) in [7, 11) is -3.95. The molecule has 3 aromatic carbocycles. The third-order valence-electron chi connectivity index (χ3n) is 5.07. The second-order valence-corrected chi connectivity index (χ2v) is 8.95. The molecule has 0 spiro atoms. The van der Waals surface area contributed by atoms with Gasteiger partial charge in [-0.2, -0.15) is 8.42 Å². The van der Waals surface area contributed by atoms with Crippen LogP contribution in [0.15, 0.2) is 89.8 Å². The van der Waals surface area contributed by atoms with E-state index < -0.39 is 21.8 Å². The largest absolute Gasteiger partial charge is 0.391 e. The molecule has 0 aromatic heterocycles. The molecule has 3 rings (SSSR count). The Morgan fingerprint density at radius 2 is 1.37 bits per heavy atom. The first-order valence-corrected chi connectivity index (χ1v) is 11.2. The molecular formula is C24H26O5S. The van der Waals surface area contributed by atoms with Crippen molar-refractivity contribution in [3.05, 3.63) is 102 Å². The standard InChI is InChI=1S/C24H26O5S/c1-19-12-14-23(15-13-19)30(27,28)29-18-22(25)16-17-24(26,20-8-4-2-5-9-20)21-10-6-3-7-11-21/h2-15,22,25-26H,16-18H2,1H3/t22-/m0/s1. The van der Waals surface area contributed by atoms with E-state index in [1.165, 1.54) is 12.1 Å². The quantitative estimate of drug-likeness (QED) is 0.509. The molecule has 0 radical (unpaired) electrons. The van der Waals surface area contributed by atoms with Crippen LogP contribution in [0.25, 0.3) is 0 Å². The maximum absolute atomic E-state index is 12.3. The van der Waals surface area contributed by atoms with Gasteiger partial charge >= 0.3 is 0 Å². The summed E-state index contributed by atoms with van der Waals surface area (Å²) in [6, 6.07) is 24.8. The molecule has 0 amide bonds. The van der Waals surface area contributed by atoms with E-state index in [1.807, 2.05) is 67.6 Å². The zero-order chi connectivity index (χ0) is 21.6. The van der Waals surface area contributed by atoms with Gasteiger partial charge in [-0.15, -0.1) is 0 Å². The molecule has 5 nitrogen and oxygen atoms in total. The van der Waals surface area contributed by atoms with Gasteiger partial charge < -0.3 is 10.2 Å². The van der Waals surface area contributed by atoms with Crippen molar-refractivity contribution < 1.29 is 22.8 Å². The lowest BCUT2D eigenvalue weighted by atomic mass is 9.82. The van der Waals surface area contributed by atoms with Crippen LogP contribution >= 0.6 is 0 Å². The third-order valence-corrected chi connectivity index (χ3v) is 6.36. The van der Waals surface area contributed by atoms with Crippen LogP contribution < -0.4 is 0 Å². The van der Waals surface area contributed by atoms with Crippen LogP contribution in [-0.4, -0.2) is 31.3 Å². The fourth-order valence-electron chi connectivity index (χ4n) is 3.28. The van der Waals surface area contributed by atoms with Gasteiger partial charge in [0.1, 0.15) is 5.60 Å². The first kappa shape index (κ1) is 22.2. The molecule has 0 aliphatic carbocycles. The minimum atomic E-state index is -3.95. The third kappa shape index (κ3) is 5.34. The smallest absolute Gasteiger partial charge is 0.297 e. The first-order chi connectivity index (χ1) is 14.3. The Hall–Kier alpha value is -2.51. The van der Waals surface area contributed by atoms with Gasteiger partial charge in [0.2, 0.25) is 0 Å². The number of aliphatic hydroxyl groups excluding tert-OH is 1. The molecule has 0 aliphatic heterocycles. The zero-order valence-corrected chi connectivity index (χ0v) is 17.6. The van der Waals surface area contributed by atoms with Crippen molar-refractivity contribution in [3.63, 3.8) is 0 Å². The van der Waals surface area contributed by atoms with Crippen LogP contribution in [0.3, 0.4) is 0 Å². The van der Waals surface area contributed by atoms with Gasteiger partial charge in [0.25, 0.3) is 10.1 Å². The summed E-state index contributed by atoms with van der Waals surface area (Å²) in [5.41, 5.74) is 1.04. The van der Waals surface area contributed by atoms with Gasteiger partial charge in [-0.25, -0.2) is 0 Å². The summed E-state index contributed by atoms with van der Waals surface area (Å²) in [5.74, 6) is 0. The molecule has 1 atom stereocenters. The van der Waals surface area contributed by atoms with Crippen molar-refractivity contribution in [2.75, 3.05) is 6.61 Å². The van der Waals surface area contributed by atoms with Crippen LogP contribution in [-0.2, 0) is 19.9 Å². The molecule has 0 unspecified atom stereocenters. The van der Waals surface area contributed by atoms with Gasteiger partial charge in [-0.1, -0.05) is 78.4 Å². The summed E-state index contributed by atoms with van der Waals surface area (Å²) >= 11 is 0. The maximum Gasteiger partial charge on any atom is 0.297 e. The number of hydrogen-bond acceptors (Lipinski definition) is 5. The number of benzene rings is 3. The normalized spacial score (nSPS) is 13.2. The predicted molar refractivity (Wildman–Crippen MR) is 115 cm³/mol. The number of aryl methyl sites for hydroxylation is 1. The molecule has 158 valence electrons. The molecule has 0 aliphatic rings. The topological polar surface area (TPSA) is 83.8 Å². The molecule has 0 fully saturated rings. The maximum atomic E-state index is 12.3. The Labute approximate surface area is 177 Å². The average Bonchev–Trinajstić information content (AvgIpc) is 2.77. The van der Waals surface area contributed by atoms with E-state index in [9.17, 15) is 18.6 Å².